The minimum Gasteiger partial charge on any atom is -0.384 e. The summed E-state index contributed by atoms with van der Waals surface area (Å²) in [7, 11) is 1.69. The van der Waals surface area contributed by atoms with Gasteiger partial charge in [0.2, 0.25) is 5.13 Å². The molecule has 0 atom stereocenters. The summed E-state index contributed by atoms with van der Waals surface area (Å²) >= 11 is 1.43. The maximum absolute atomic E-state index is 4.98. The molecule has 1 N–H and O–H groups in total. The quantitative estimate of drug-likeness (QED) is 0.777. The smallest absolute Gasteiger partial charge is 0.202 e. The van der Waals surface area contributed by atoms with Crippen LogP contribution in [0.5, 0.6) is 0 Å². The van der Waals surface area contributed by atoms with E-state index in [9.17, 15) is 0 Å². The number of nitrogens with zero attached hydrogens (tertiary/aromatic N) is 2. The SMILES string of the molecule is COCCc1nsc(NC2CC=CC2)n1. The van der Waals surface area contributed by atoms with Gasteiger partial charge in [-0.1, -0.05) is 12.2 Å². The first-order chi connectivity index (χ1) is 7.38. The van der Waals surface area contributed by atoms with E-state index in [1.54, 1.807) is 7.11 Å². The molecule has 1 aliphatic rings. The van der Waals surface area contributed by atoms with Crippen molar-refractivity contribution in [2.24, 2.45) is 0 Å². The molecule has 0 radical (unpaired) electrons. The van der Waals surface area contributed by atoms with Crippen LogP contribution in [0, 0.1) is 0 Å². The molecule has 0 aliphatic heterocycles. The fourth-order valence-electron chi connectivity index (χ4n) is 1.52. The fourth-order valence-corrected chi connectivity index (χ4v) is 2.21. The predicted molar refractivity (Wildman–Crippen MR) is 61.3 cm³/mol. The largest absolute Gasteiger partial charge is 0.384 e. The zero-order valence-electron chi connectivity index (χ0n) is 8.77. The van der Waals surface area contributed by atoms with E-state index in [2.05, 4.69) is 26.8 Å². The summed E-state index contributed by atoms with van der Waals surface area (Å²) in [6, 6.07) is 0.508. The van der Waals surface area contributed by atoms with E-state index < -0.39 is 0 Å². The summed E-state index contributed by atoms with van der Waals surface area (Å²) in [5, 5.41) is 4.30. The average molecular weight is 225 g/mol. The van der Waals surface area contributed by atoms with Crippen LogP contribution in [0.25, 0.3) is 0 Å². The summed E-state index contributed by atoms with van der Waals surface area (Å²) < 4.78 is 9.25. The molecule has 0 spiro atoms. The second-order valence-corrected chi connectivity index (χ2v) is 4.29. The molecule has 1 aromatic heterocycles. The van der Waals surface area contributed by atoms with E-state index >= 15 is 0 Å². The van der Waals surface area contributed by atoms with Gasteiger partial charge in [0.05, 0.1) is 6.61 Å². The highest BCUT2D eigenvalue weighted by Gasteiger charge is 2.12. The summed E-state index contributed by atoms with van der Waals surface area (Å²) in [5.74, 6) is 0.871. The van der Waals surface area contributed by atoms with Gasteiger partial charge in [-0.25, -0.2) is 4.98 Å². The van der Waals surface area contributed by atoms with Gasteiger partial charge >= 0.3 is 0 Å². The molecule has 0 aromatic carbocycles. The zero-order valence-corrected chi connectivity index (χ0v) is 9.59. The highest BCUT2D eigenvalue weighted by atomic mass is 32.1. The zero-order chi connectivity index (χ0) is 10.5. The maximum Gasteiger partial charge on any atom is 0.202 e. The lowest BCUT2D eigenvalue weighted by Crippen LogP contribution is -2.14. The van der Waals surface area contributed by atoms with Gasteiger partial charge in [-0.05, 0) is 12.8 Å². The van der Waals surface area contributed by atoms with Crippen LogP contribution in [0.4, 0.5) is 5.13 Å². The Morgan fingerprint density at radius 2 is 2.33 bits per heavy atom. The van der Waals surface area contributed by atoms with Crippen LogP contribution < -0.4 is 5.32 Å². The number of nitrogens with one attached hydrogen (secondary N) is 1. The second-order valence-electron chi connectivity index (χ2n) is 3.54. The van der Waals surface area contributed by atoms with Crippen molar-refractivity contribution in [1.82, 2.24) is 9.36 Å². The van der Waals surface area contributed by atoms with Crippen molar-refractivity contribution in [2.45, 2.75) is 25.3 Å². The number of hydrogen-bond acceptors (Lipinski definition) is 5. The Bertz CT molecular complexity index is 329. The lowest BCUT2D eigenvalue weighted by atomic mass is 10.2. The molecule has 1 aromatic rings. The number of anilines is 1. The van der Waals surface area contributed by atoms with Crippen molar-refractivity contribution in [3.63, 3.8) is 0 Å². The second kappa shape index (κ2) is 5.23. The molecular weight excluding hydrogens is 210 g/mol. The summed E-state index contributed by atoms with van der Waals surface area (Å²) in [6.45, 7) is 0.682. The van der Waals surface area contributed by atoms with E-state index in [0.29, 0.717) is 12.6 Å². The molecule has 0 fully saturated rings. The van der Waals surface area contributed by atoms with Crippen LogP contribution in [-0.2, 0) is 11.2 Å². The van der Waals surface area contributed by atoms with Crippen LogP contribution in [0.2, 0.25) is 0 Å². The summed E-state index contributed by atoms with van der Waals surface area (Å²) in [6.07, 6.45) is 7.37. The fraction of sp³-hybridized carbons (Fsp3) is 0.600. The van der Waals surface area contributed by atoms with Crippen molar-refractivity contribution in [3.05, 3.63) is 18.0 Å². The van der Waals surface area contributed by atoms with Crippen molar-refractivity contribution in [3.8, 4) is 0 Å². The maximum atomic E-state index is 4.98. The summed E-state index contributed by atoms with van der Waals surface area (Å²) in [4.78, 5) is 4.40. The van der Waals surface area contributed by atoms with Crippen LogP contribution >= 0.6 is 11.5 Å². The number of rotatable bonds is 5. The van der Waals surface area contributed by atoms with Gasteiger partial charge in [-0.15, -0.1) is 0 Å². The van der Waals surface area contributed by atoms with Gasteiger partial charge in [0, 0.05) is 31.1 Å². The molecule has 82 valence electrons. The third-order valence-corrected chi connectivity index (χ3v) is 3.02. The number of methoxy groups -OCH3 is 1. The first-order valence-corrected chi connectivity index (χ1v) is 5.89. The first kappa shape index (κ1) is 10.6. The molecule has 1 aliphatic carbocycles. The monoisotopic (exact) mass is 225 g/mol. The van der Waals surface area contributed by atoms with E-state index in [4.69, 9.17) is 4.74 Å². The van der Waals surface area contributed by atoms with Crippen molar-refractivity contribution in [1.29, 1.82) is 0 Å². The van der Waals surface area contributed by atoms with Crippen LogP contribution in [0.15, 0.2) is 12.2 Å². The highest BCUT2D eigenvalue weighted by molar-refractivity contribution is 7.09. The molecule has 0 saturated carbocycles. The van der Waals surface area contributed by atoms with Crippen molar-refractivity contribution >= 4 is 16.7 Å². The van der Waals surface area contributed by atoms with Crippen molar-refractivity contribution < 1.29 is 4.74 Å². The molecule has 1 heterocycles. The Balaban J connectivity index is 1.83. The Hall–Kier alpha value is -0.940. The van der Waals surface area contributed by atoms with Crippen LogP contribution in [0.1, 0.15) is 18.7 Å². The Kier molecular flexibility index (Phi) is 3.69. The molecule has 4 nitrogen and oxygen atoms in total. The van der Waals surface area contributed by atoms with Gasteiger partial charge in [0.25, 0.3) is 0 Å². The predicted octanol–water partition coefficient (Wildman–Crippen LogP) is 1.86. The molecular formula is C10H15N3OS. The lowest BCUT2D eigenvalue weighted by molar-refractivity contribution is 0.201. The summed E-state index contributed by atoms with van der Waals surface area (Å²) in [5.41, 5.74) is 0. The van der Waals surface area contributed by atoms with Gasteiger partial charge in [-0.2, -0.15) is 4.37 Å². The average Bonchev–Trinajstić information content (AvgIpc) is 2.87. The molecule has 0 saturated heterocycles. The topological polar surface area (TPSA) is 47.0 Å². The Labute approximate surface area is 93.5 Å². The van der Waals surface area contributed by atoms with E-state index in [1.807, 2.05) is 0 Å². The Morgan fingerprint density at radius 1 is 1.53 bits per heavy atom. The van der Waals surface area contributed by atoms with E-state index in [1.165, 1.54) is 11.5 Å². The van der Waals surface area contributed by atoms with Gasteiger partial charge in [0.1, 0.15) is 5.82 Å². The normalized spacial score (nSPS) is 16.1. The molecule has 0 amide bonds. The standard InChI is InChI=1S/C10H15N3OS/c1-14-7-6-9-12-10(15-13-9)11-8-4-2-3-5-8/h2-3,8H,4-7H2,1H3,(H,11,12,13). The molecule has 15 heavy (non-hydrogen) atoms. The molecule has 0 bridgehead atoms. The minimum absolute atomic E-state index is 0.508. The molecule has 2 rings (SSSR count). The Morgan fingerprint density at radius 3 is 3.07 bits per heavy atom. The van der Waals surface area contributed by atoms with Crippen LogP contribution in [0.3, 0.4) is 0 Å². The van der Waals surface area contributed by atoms with Crippen molar-refractivity contribution in [2.75, 3.05) is 19.0 Å². The van der Waals surface area contributed by atoms with Crippen LogP contribution in [-0.4, -0.2) is 29.1 Å². The van der Waals surface area contributed by atoms with Gasteiger partial charge in [-0.3, -0.25) is 0 Å². The molecule has 5 heteroatoms. The minimum atomic E-state index is 0.508. The third kappa shape index (κ3) is 3.00. The first-order valence-electron chi connectivity index (χ1n) is 5.11. The number of hydrogen-bond donors (Lipinski definition) is 1. The number of aromatic nitrogens is 2. The third-order valence-electron chi connectivity index (χ3n) is 2.33. The number of ether oxygens (including phenoxy) is 1. The van der Waals surface area contributed by atoms with Gasteiger partial charge < -0.3 is 10.1 Å². The highest BCUT2D eigenvalue weighted by Crippen LogP contribution is 2.18. The van der Waals surface area contributed by atoms with E-state index in [-0.39, 0.29) is 0 Å². The van der Waals surface area contributed by atoms with E-state index in [0.717, 1.165) is 30.2 Å². The van der Waals surface area contributed by atoms with Gasteiger partial charge in [0.15, 0.2) is 0 Å². The molecule has 0 unspecified atom stereocenters. The lowest BCUT2D eigenvalue weighted by Gasteiger charge is -2.08.